The summed E-state index contributed by atoms with van der Waals surface area (Å²) in [6.45, 7) is 8.24. The number of allylic oxidation sites excluding steroid dienone is 2. The van der Waals surface area contributed by atoms with Crippen molar-refractivity contribution in [1.82, 2.24) is 0 Å². The molecule has 4 rings (SSSR count). The van der Waals surface area contributed by atoms with E-state index in [4.69, 9.17) is 14.2 Å². The second-order valence-corrected chi connectivity index (χ2v) is 9.36. The van der Waals surface area contributed by atoms with Crippen LogP contribution in [0.5, 0.6) is 28.7 Å². The highest BCUT2D eigenvalue weighted by atomic mass is 16.5. The number of methoxy groups -OCH3 is 1. The van der Waals surface area contributed by atoms with Gasteiger partial charge in [0, 0.05) is 29.2 Å². The van der Waals surface area contributed by atoms with Crippen LogP contribution in [-0.4, -0.2) is 28.7 Å². The molecule has 2 aliphatic heterocycles. The summed E-state index contributed by atoms with van der Waals surface area (Å²) in [5.74, 6) is 1.30. The van der Waals surface area contributed by atoms with E-state index in [2.05, 4.69) is 19.9 Å². The first-order chi connectivity index (χ1) is 15.1. The molecule has 2 aliphatic rings. The third-order valence-electron chi connectivity index (χ3n) is 6.41. The van der Waals surface area contributed by atoms with Gasteiger partial charge in [-0.25, -0.2) is 0 Å². The maximum atomic E-state index is 13.1. The lowest BCUT2D eigenvalue weighted by Crippen LogP contribution is -2.42. The van der Waals surface area contributed by atoms with Crippen LogP contribution < -0.4 is 14.2 Å². The topological polar surface area (TPSA) is 85.2 Å². The zero-order valence-corrected chi connectivity index (χ0v) is 19.2. The number of hydrogen-bond donors (Lipinski definition) is 2. The Bertz CT molecular complexity index is 1090. The van der Waals surface area contributed by atoms with Gasteiger partial charge in [0.25, 0.3) is 0 Å². The van der Waals surface area contributed by atoms with Gasteiger partial charge < -0.3 is 24.4 Å². The molecule has 0 spiro atoms. The summed E-state index contributed by atoms with van der Waals surface area (Å²) in [7, 11) is 1.51. The van der Waals surface area contributed by atoms with Crippen LogP contribution in [0.25, 0.3) is 0 Å². The second-order valence-electron chi connectivity index (χ2n) is 9.36. The number of fused-ring (bicyclic) bond motifs is 3. The van der Waals surface area contributed by atoms with Crippen molar-refractivity contribution in [2.24, 2.45) is 5.92 Å². The maximum absolute atomic E-state index is 13.1. The standard InChI is InChI=1S/C26H30O6/c1-14(2)6-7-15-10-18-23(32-26(15,3)4)13-20(29)24-19(28)12-22(31-25(18)24)17-9-8-16(27)11-21(17)30-5/h6,8-9,11,13,15,22,27,29H,7,10,12H2,1-5H3/t15-,22+/m1/s1. The van der Waals surface area contributed by atoms with Crippen LogP contribution in [0.15, 0.2) is 35.9 Å². The minimum absolute atomic E-state index is 0.0635. The molecule has 0 fully saturated rings. The molecular weight excluding hydrogens is 408 g/mol. The van der Waals surface area contributed by atoms with Gasteiger partial charge in [-0.1, -0.05) is 11.6 Å². The fraction of sp³-hybridized carbons (Fsp3) is 0.423. The Labute approximate surface area is 188 Å². The molecule has 0 aromatic heterocycles. The predicted molar refractivity (Wildman–Crippen MR) is 121 cm³/mol. The molecule has 0 saturated carbocycles. The van der Waals surface area contributed by atoms with Crippen molar-refractivity contribution in [1.29, 1.82) is 0 Å². The normalized spacial score (nSPS) is 21.0. The number of hydrogen-bond acceptors (Lipinski definition) is 6. The molecule has 0 amide bonds. The molecule has 0 unspecified atom stereocenters. The van der Waals surface area contributed by atoms with Crippen molar-refractivity contribution in [3.05, 3.63) is 52.6 Å². The van der Waals surface area contributed by atoms with Gasteiger partial charge in [-0.3, -0.25) is 4.79 Å². The Morgan fingerprint density at radius 3 is 2.66 bits per heavy atom. The van der Waals surface area contributed by atoms with Crippen LogP contribution in [0.1, 0.15) is 68.1 Å². The van der Waals surface area contributed by atoms with Gasteiger partial charge in [-0.2, -0.15) is 0 Å². The lowest BCUT2D eigenvalue weighted by atomic mass is 9.78. The van der Waals surface area contributed by atoms with Gasteiger partial charge in [0.1, 0.15) is 46.0 Å². The molecule has 170 valence electrons. The van der Waals surface area contributed by atoms with E-state index in [0.29, 0.717) is 29.2 Å². The van der Waals surface area contributed by atoms with Crippen LogP contribution in [0.4, 0.5) is 0 Å². The molecule has 2 N–H and O–H groups in total. The first-order valence-electron chi connectivity index (χ1n) is 10.9. The van der Waals surface area contributed by atoms with Gasteiger partial charge in [0.2, 0.25) is 0 Å². The van der Waals surface area contributed by atoms with E-state index in [1.807, 2.05) is 13.8 Å². The molecule has 2 heterocycles. The smallest absolute Gasteiger partial charge is 0.174 e. The first kappa shape index (κ1) is 22.1. The van der Waals surface area contributed by atoms with Crippen molar-refractivity contribution in [2.45, 2.75) is 58.7 Å². The number of phenols is 2. The second kappa shape index (κ2) is 8.08. The Morgan fingerprint density at radius 2 is 1.97 bits per heavy atom. The number of Topliss-reactive ketones (excluding diaryl/α,β-unsaturated/α-hetero) is 1. The Balaban J connectivity index is 1.78. The lowest BCUT2D eigenvalue weighted by Gasteiger charge is -2.41. The van der Waals surface area contributed by atoms with Gasteiger partial charge >= 0.3 is 0 Å². The number of ketones is 1. The zero-order chi connectivity index (χ0) is 23.2. The molecule has 6 heteroatoms. The summed E-state index contributed by atoms with van der Waals surface area (Å²) < 4.78 is 18.1. The van der Waals surface area contributed by atoms with Gasteiger partial charge in [-0.15, -0.1) is 0 Å². The number of phenolic OH excluding ortho intramolecular Hbond substituents is 2. The van der Waals surface area contributed by atoms with Gasteiger partial charge in [0.15, 0.2) is 5.78 Å². The molecule has 0 bridgehead atoms. The zero-order valence-electron chi connectivity index (χ0n) is 19.2. The molecule has 6 nitrogen and oxygen atoms in total. The van der Waals surface area contributed by atoms with Crippen LogP contribution >= 0.6 is 0 Å². The Kier molecular flexibility index (Phi) is 5.57. The van der Waals surface area contributed by atoms with Crippen LogP contribution in [0.2, 0.25) is 0 Å². The fourth-order valence-corrected chi connectivity index (χ4v) is 4.54. The molecule has 2 atom stereocenters. The summed E-state index contributed by atoms with van der Waals surface area (Å²) >= 11 is 0. The number of carbonyl (C=O) groups is 1. The van der Waals surface area contributed by atoms with E-state index in [1.165, 1.54) is 24.8 Å². The van der Waals surface area contributed by atoms with Gasteiger partial charge in [-0.05, 0) is 52.7 Å². The third kappa shape index (κ3) is 3.90. The summed E-state index contributed by atoms with van der Waals surface area (Å²) in [6, 6.07) is 6.28. The fourth-order valence-electron chi connectivity index (χ4n) is 4.54. The number of benzene rings is 2. The number of carbonyl (C=O) groups excluding carboxylic acids is 1. The van der Waals surface area contributed by atoms with E-state index in [0.717, 1.165) is 12.0 Å². The lowest BCUT2D eigenvalue weighted by molar-refractivity contribution is 0.0255. The van der Waals surface area contributed by atoms with Crippen molar-refractivity contribution >= 4 is 5.78 Å². The first-order valence-corrected chi connectivity index (χ1v) is 10.9. The number of rotatable bonds is 4. The van der Waals surface area contributed by atoms with Crippen molar-refractivity contribution in [2.75, 3.05) is 7.11 Å². The minimum Gasteiger partial charge on any atom is -0.508 e. The average molecular weight is 439 g/mol. The van der Waals surface area contributed by atoms with Crippen LogP contribution in [0.3, 0.4) is 0 Å². The average Bonchev–Trinajstić information content (AvgIpc) is 2.71. The molecule has 2 aromatic rings. The molecule has 0 saturated heterocycles. The van der Waals surface area contributed by atoms with Gasteiger partial charge in [0.05, 0.1) is 13.5 Å². The summed E-state index contributed by atoms with van der Waals surface area (Å²) in [6.07, 6.45) is 3.18. The highest BCUT2D eigenvalue weighted by molar-refractivity contribution is 6.03. The van der Waals surface area contributed by atoms with Crippen LogP contribution in [-0.2, 0) is 6.42 Å². The summed E-state index contributed by atoms with van der Waals surface area (Å²) in [5, 5.41) is 20.4. The van der Waals surface area contributed by atoms with Crippen LogP contribution in [0, 0.1) is 5.92 Å². The SMILES string of the molecule is COc1cc(O)ccc1[C@@H]1CC(=O)c2c(O)cc3c(c2O1)C[C@@H](CC=C(C)C)C(C)(C)O3. The summed E-state index contributed by atoms with van der Waals surface area (Å²) in [5.41, 5.74) is 2.49. The monoisotopic (exact) mass is 438 g/mol. The van der Waals surface area contributed by atoms with Crippen molar-refractivity contribution in [3.63, 3.8) is 0 Å². The molecule has 0 radical (unpaired) electrons. The molecular formula is C26H30O6. The Morgan fingerprint density at radius 1 is 1.22 bits per heavy atom. The quantitative estimate of drug-likeness (QED) is 0.613. The largest absolute Gasteiger partial charge is 0.508 e. The third-order valence-corrected chi connectivity index (χ3v) is 6.41. The maximum Gasteiger partial charge on any atom is 0.174 e. The minimum atomic E-state index is -0.595. The van der Waals surface area contributed by atoms with E-state index >= 15 is 0 Å². The van der Waals surface area contributed by atoms with Crippen molar-refractivity contribution < 1.29 is 29.2 Å². The molecule has 2 aromatic carbocycles. The molecule has 32 heavy (non-hydrogen) atoms. The van der Waals surface area contributed by atoms with E-state index < -0.39 is 11.7 Å². The van der Waals surface area contributed by atoms with Crippen molar-refractivity contribution in [3.8, 4) is 28.7 Å². The number of ether oxygens (including phenoxy) is 3. The van der Waals surface area contributed by atoms with E-state index in [-0.39, 0.29) is 35.2 Å². The summed E-state index contributed by atoms with van der Waals surface area (Å²) in [4.78, 5) is 13.1. The van der Waals surface area contributed by atoms with E-state index in [1.54, 1.807) is 12.1 Å². The highest BCUT2D eigenvalue weighted by Gasteiger charge is 2.42. The highest BCUT2D eigenvalue weighted by Crippen LogP contribution is 2.51. The Hall–Kier alpha value is -3.15. The molecule has 0 aliphatic carbocycles. The number of aromatic hydroxyl groups is 2. The van der Waals surface area contributed by atoms with E-state index in [9.17, 15) is 15.0 Å². The predicted octanol–water partition coefficient (Wildman–Crippen LogP) is 5.50.